The van der Waals surface area contributed by atoms with Gasteiger partial charge in [0.2, 0.25) is 0 Å². The molecular weight excluding hydrogens is 520 g/mol. The van der Waals surface area contributed by atoms with E-state index in [0.717, 1.165) is 0 Å². The molecule has 0 saturated heterocycles. The highest BCUT2D eigenvalue weighted by Crippen LogP contribution is 2.21. The van der Waals surface area contributed by atoms with Crippen molar-refractivity contribution in [3.63, 3.8) is 0 Å². The smallest absolute Gasteiger partial charge is 0.423 e. The Hall–Kier alpha value is -4.46. The molecule has 0 aliphatic heterocycles. The number of nitro benzene ring substituents is 2. The zero-order valence-electron chi connectivity index (χ0n) is 20.3. The van der Waals surface area contributed by atoms with Crippen LogP contribution in [0.1, 0.15) is 34.6 Å². The van der Waals surface area contributed by atoms with E-state index in [2.05, 4.69) is 4.74 Å². The number of alkyl halides is 1. The average Bonchev–Trinajstić information content (AvgIpc) is 2.72. The summed E-state index contributed by atoms with van der Waals surface area (Å²) >= 11 is 5.65. The van der Waals surface area contributed by atoms with Gasteiger partial charge in [0.25, 0.3) is 17.2 Å². The minimum absolute atomic E-state index is 0.0687. The second-order valence-corrected chi connectivity index (χ2v) is 8.68. The quantitative estimate of drug-likeness (QED) is 0.107. The molecule has 0 N–H and O–H groups in total. The van der Waals surface area contributed by atoms with Gasteiger partial charge in [-0.25, -0.2) is 9.59 Å². The molecule has 200 valence electrons. The van der Waals surface area contributed by atoms with Crippen LogP contribution in [0, 0.1) is 20.2 Å². The van der Waals surface area contributed by atoms with Crippen molar-refractivity contribution in [1.82, 2.24) is 0 Å². The Labute approximate surface area is 215 Å². The maximum atomic E-state index is 11.5. The first-order chi connectivity index (χ1) is 17.0. The molecule has 0 aromatic heterocycles. The maximum Gasteiger partial charge on any atom is 0.517 e. The molecule has 14 nitrogen and oxygen atoms in total. The van der Waals surface area contributed by atoms with Gasteiger partial charge in [0.1, 0.15) is 11.5 Å². The number of esters is 1. The number of carbonyl (C=O) groups is 3. The minimum atomic E-state index is -1.47. The fraction of sp³-hybridized carbons (Fsp3) is 0.318. The van der Waals surface area contributed by atoms with Gasteiger partial charge in [-0.2, -0.15) is 0 Å². The van der Waals surface area contributed by atoms with Gasteiger partial charge < -0.3 is 23.7 Å². The molecule has 2 rings (SSSR count). The lowest BCUT2D eigenvalue weighted by molar-refractivity contribution is -0.385. The van der Waals surface area contributed by atoms with Crippen LogP contribution in [-0.2, 0) is 19.0 Å². The van der Waals surface area contributed by atoms with Crippen molar-refractivity contribution in [3.05, 3.63) is 68.8 Å². The minimum Gasteiger partial charge on any atom is -0.423 e. The van der Waals surface area contributed by atoms with E-state index < -0.39 is 39.0 Å². The van der Waals surface area contributed by atoms with E-state index in [9.17, 15) is 34.6 Å². The van der Waals surface area contributed by atoms with Gasteiger partial charge in [-0.15, -0.1) is 0 Å². The molecule has 0 unspecified atom stereocenters. The average molecular weight is 543 g/mol. The largest absolute Gasteiger partial charge is 0.517 e. The number of hydrogen-bond donors (Lipinski definition) is 0. The van der Waals surface area contributed by atoms with Crippen molar-refractivity contribution in [1.29, 1.82) is 0 Å². The second kappa shape index (κ2) is 13.0. The first-order valence-corrected chi connectivity index (χ1v) is 10.5. The Kier molecular flexibility index (Phi) is 10.8. The number of benzene rings is 2. The molecule has 0 atom stereocenters. The zero-order valence-corrected chi connectivity index (χ0v) is 21.0. The monoisotopic (exact) mass is 542 g/mol. The summed E-state index contributed by atoms with van der Waals surface area (Å²) in [5.74, 6) is -1.87. The van der Waals surface area contributed by atoms with Crippen molar-refractivity contribution in [2.75, 3.05) is 0 Å². The summed E-state index contributed by atoms with van der Waals surface area (Å²) in [6.45, 7) is 6.86. The van der Waals surface area contributed by atoms with Gasteiger partial charge in [0.05, 0.1) is 9.85 Å². The van der Waals surface area contributed by atoms with Crippen molar-refractivity contribution in [2.45, 2.75) is 45.5 Å². The molecule has 0 heterocycles. The number of ether oxygens (including phenoxy) is 5. The highest BCUT2D eigenvalue weighted by Gasteiger charge is 2.27. The predicted molar refractivity (Wildman–Crippen MR) is 126 cm³/mol. The van der Waals surface area contributed by atoms with Crippen LogP contribution in [0.5, 0.6) is 11.5 Å². The van der Waals surface area contributed by atoms with E-state index in [-0.39, 0.29) is 22.9 Å². The van der Waals surface area contributed by atoms with Crippen LogP contribution in [-0.4, -0.2) is 39.0 Å². The Balaban J connectivity index is 0.000000375. The fourth-order valence-electron chi connectivity index (χ4n) is 2.27. The van der Waals surface area contributed by atoms with E-state index >= 15 is 0 Å². The number of carbonyl (C=O) groups excluding carboxylic acids is 3. The molecule has 0 amide bonds. The summed E-state index contributed by atoms with van der Waals surface area (Å²) < 4.78 is 23.8. The molecule has 15 heteroatoms. The Morgan fingerprint density at radius 2 is 1.05 bits per heavy atom. The van der Waals surface area contributed by atoms with Gasteiger partial charge in [-0.3, -0.25) is 25.0 Å². The van der Waals surface area contributed by atoms with Crippen molar-refractivity contribution < 1.29 is 47.9 Å². The number of hydrogen-bond acceptors (Lipinski definition) is 12. The molecule has 0 saturated carbocycles. The predicted octanol–water partition coefficient (Wildman–Crippen LogP) is 5.49. The molecule has 0 spiro atoms. The highest BCUT2D eigenvalue weighted by atomic mass is 35.5. The molecule has 37 heavy (non-hydrogen) atoms. The summed E-state index contributed by atoms with van der Waals surface area (Å²) in [6.07, 6.45) is -2.07. The van der Waals surface area contributed by atoms with E-state index in [4.69, 9.17) is 30.5 Å². The maximum absolute atomic E-state index is 11.5. The third kappa shape index (κ3) is 12.7. The van der Waals surface area contributed by atoms with Crippen LogP contribution in [0.4, 0.5) is 21.0 Å². The van der Waals surface area contributed by atoms with Crippen LogP contribution in [0.3, 0.4) is 0 Å². The standard InChI is InChI=1S/C12H13NO7.C10H10ClNO5/c1-8(14)19-12(2,3)20-11(15)18-10-6-4-9(5-7-10)13(16)17;1-10(2,11)17-9(13)16-8-5-3-7(4-6-8)12(14)15/h4-7H,1-3H3;3-6H,1-2H3. The molecule has 0 aliphatic carbocycles. The SMILES string of the molecule is CC(=O)OC(C)(C)OC(=O)Oc1ccc([N+](=O)[O-])cc1.CC(C)(Cl)OC(=O)Oc1ccc([N+](=O)[O-])cc1. The summed E-state index contributed by atoms with van der Waals surface area (Å²) in [5.41, 5.74) is -0.227. The van der Waals surface area contributed by atoms with Gasteiger partial charge in [-0.1, -0.05) is 11.6 Å². The van der Waals surface area contributed by atoms with Gasteiger partial charge in [0, 0.05) is 45.0 Å². The van der Waals surface area contributed by atoms with Crippen molar-refractivity contribution >= 4 is 41.3 Å². The summed E-state index contributed by atoms with van der Waals surface area (Å²) in [4.78, 5) is 53.1. The molecule has 2 aromatic rings. The van der Waals surface area contributed by atoms with E-state index in [1.807, 2.05) is 0 Å². The normalized spacial score (nSPS) is 10.6. The van der Waals surface area contributed by atoms with Gasteiger partial charge >= 0.3 is 18.3 Å². The van der Waals surface area contributed by atoms with Crippen LogP contribution < -0.4 is 9.47 Å². The first-order valence-electron chi connectivity index (χ1n) is 10.2. The summed E-state index contributed by atoms with van der Waals surface area (Å²) in [7, 11) is 0. The zero-order chi connectivity index (χ0) is 28.4. The topological polar surface area (TPSA) is 184 Å². The third-order valence-electron chi connectivity index (χ3n) is 3.54. The number of halogens is 1. The van der Waals surface area contributed by atoms with E-state index in [1.165, 1.54) is 83.1 Å². The number of nitrogens with zero attached hydrogens (tertiary/aromatic N) is 2. The second-order valence-electron chi connectivity index (χ2n) is 7.77. The molecule has 0 aliphatic rings. The third-order valence-corrected chi connectivity index (χ3v) is 3.62. The lowest BCUT2D eigenvalue weighted by Gasteiger charge is -2.23. The van der Waals surface area contributed by atoms with Crippen LogP contribution in [0.15, 0.2) is 48.5 Å². The highest BCUT2D eigenvalue weighted by molar-refractivity contribution is 6.22. The van der Waals surface area contributed by atoms with Gasteiger partial charge in [0.15, 0.2) is 5.06 Å². The Bertz CT molecular complexity index is 1130. The Morgan fingerprint density at radius 1 is 0.703 bits per heavy atom. The number of non-ortho nitro benzene ring substituents is 2. The summed E-state index contributed by atoms with van der Waals surface area (Å²) in [5, 5.41) is 19.7. The number of rotatable bonds is 7. The van der Waals surface area contributed by atoms with E-state index in [0.29, 0.717) is 0 Å². The lowest BCUT2D eigenvalue weighted by atomic mass is 10.3. The fourth-order valence-corrected chi connectivity index (χ4v) is 2.33. The first kappa shape index (κ1) is 30.6. The molecule has 0 fully saturated rings. The molecule has 0 bridgehead atoms. The van der Waals surface area contributed by atoms with Crippen LogP contribution >= 0.6 is 11.6 Å². The summed E-state index contributed by atoms with van der Waals surface area (Å²) in [6, 6.07) is 9.88. The van der Waals surface area contributed by atoms with E-state index in [1.54, 1.807) is 0 Å². The van der Waals surface area contributed by atoms with Crippen molar-refractivity contribution in [3.8, 4) is 11.5 Å². The molecular formula is C22H23ClN2O12. The van der Waals surface area contributed by atoms with Gasteiger partial charge in [-0.05, 0) is 38.1 Å². The Morgan fingerprint density at radius 3 is 1.35 bits per heavy atom. The van der Waals surface area contributed by atoms with Crippen LogP contribution in [0.2, 0.25) is 0 Å². The van der Waals surface area contributed by atoms with Crippen molar-refractivity contribution in [2.24, 2.45) is 0 Å². The molecule has 0 radical (unpaired) electrons. The molecule has 2 aromatic carbocycles. The van der Waals surface area contributed by atoms with Crippen LogP contribution in [0.25, 0.3) is 0 Å². The number of nitro groups is 2. The lowest BCUT2D eigenvalue weighted by Crippen LogP contribution is -2.34.